The highest BCUT2D eigenvalue weighted by molar-refractivity contribution is 5.63. The molecule has 0 aliphatic rings. The van der Waals surface area contributed by atoms with E-state index in [4.69, 9.17) is 11.1 Å². The molecule has 1 aromatic carbocycles. The SMILES string of the molecule is Cc1cc(C)n(-c2nn(-c3ccccc3)c(=N)c(C#N)c2N)c(=O)c1C#N. The lowest BCUT2D eigenvalue weighted by atomic mass is 10.1. The van der Waals surface area contributed by atoms with Gasteiger partial charge in [0.05, 0.1) is 11.4 Å². The van der Waals surface area contributed by atoms with E-state index in [0.717, 1.165) is 0 Å². The van der Waals surface area contributed by atoms with Crippen LogP contribution in [0.1, 0.15) is 22.4 Å². The molecule has 0 spiro atoms. The minimum atomic E-state index is -0.574. The van der Waals surface area contributed by atoms with Crippen LogP contribution in [0.4, 0.5) is 5.69 Å². The maximum absolute atomic E-state index is 12.8. The lowest BCUT2D eigenvalue weighted by molar-refractivity contribution is 0.732. The highest BCUT2D eigenvalue weighted by Gasteiger charge is 2.20. The number of nitriles is 2. The minimum Gasteiger partial charge on any atom is -0.394 e. The third-order valence-corrected chi connectivity index (χ3v) is 4.18. The number of anilines is 1. The van der Waals surface area contributed by atoms with Crippen molar-refractivity contribution >= 4 is 5.69 Å². The van der Waals surface area contributed by atoms with Crippen molar-refractivity contribution in [2.24, 2.45) is 0 Å². The van der Waals surface area contributed by atoms with Gasteiger partial charge in [-0.05, 0) is 37.6 Å². The number of nitrogens with one attached hydrogen (secondary N) is 1. The Hall–Kier alpha value is -4.17. The number of hydrogen-bond acceptors (Lipinski definition) is 6. The molecule has 0 radical (unpaired) electrons. The van der Waals surface area contributed by atoms with Gasteiger partial charge in [-0.15, -0.1) is 5.10 Å². The Morgan fingerprint density at radius 1 is 1.11 bits per heavy atom. The average molecular weight is 357 g/mol. The first-order chi connectivity index (χ1) is 12.9. The molecule has 0 saturated carbocycles. The fourth-order valence-electron chi connectivity index (χ4n) is 2.87. The average Bonchev–Trinajstić information content (AvgIpc) is 2.64. The van der Waals surface area contributed by atoms with Crippen molar-refractivity contribution in [1.29, 1.82) is 15.9 Å². The van der Waals surface area contributed by atoms with Gasteiger partial charge in [-0.25, -0.2) is 4.68 Å². The van der Waals surface area contributed by atoms with Gasteiger partial charge < -0.3 is 5.73 Å². The number of aromatic nitrogens is 3. The molecule has 0 atom stereocenters. The number of para-hydroxylation sites is 1. The molecular weight excluding hydrogens is 342 g/mol. The molecule has 0 bridgehead atoms. The normalized spacial score (nSPS) is 10.2. The molecule has 27 heavy (non-hydrogen) atoms. The topological polar surface area (TPSA) is 137 Å². The van der Waals surface area contributed by atoms with Gasteiger partial charge >= 0.3 is 0 Å². The monoisotopic (exact) mass is 357 g/mol. The zero-order valence-electron chi connectivity index (χ0n) is 14.7. The second-order valence-corrected chi connectivity index (χ2v) is 5.92. The summed E-state index contributed by atoms with van der Waals surface area (Å²) in [6.07, 6.45) is 0. The fraction of sp³-hybridized carbons (Fsp3) is 0.105. The summed E-state index contributed by atoms with van der Waals surface area (Å²) in [6, 6.07) is 14.3. The van der Waals surface area contributed by atoms with Gasteiger partial charge in [-0.1, -0.05) is 18.2 Å². The van der Waals surface area contributed by atoms with E-state index in [0.29, 0.717) is 16.9 Å². The van der Waals surface area contributed by atoms with Gasteiger partial charge in [-0.2, -0.15) is 10.5 Å². The lowest BCUT2D eigenvalue weighted by Crippen LogP contribution is -2.32. The van der Waals surface area contributed by atoms with E-state index in [1.54, 1.807) is 44.2 Å². The van der Waals surface area contributed by atoms with Crippen LogP contribution in [0.25, 0.3) is 11.5 Å². The lowest BCUT2D eigenvalue weighted by Gasteiger charge is -2.16. The Kier molecular flexibility index (Phi) is 4.33. The third kappa shape index (κ3) is 2.75. The van der Waals surface area contributed by atoms with Crippen LogP contribution in [0.15, 0.2) is 41.2 Å². The zero-order chi connectivity index (χ0) is 19.7. The van der Waals surface area contributed by atoms with E-state index in [9.17, 15) is 15.3 Å². The quantitative estimate of drug-likeness (QED) is 0.715. The smallest absolute Gasteiger partial charge is 0.274 e. The Labute approximate surface area is 154 Å². The highest BCUT2D eigenvalue weighted by Crippen LogP contribution is 2.19. The maximum Gasteiger partial charge on any atom is 0.274 e. The van der Waals surface area contributed by atoms with Crippen molar-refractivity contribution < 1.29 is 0 Å². The molecule has 8 nitrogen and oxygen atoms in total. The number of benzene rings is 1. The summed E-state index contributed by atoms with van der Waals surface area (Å²) in [5.41, 5.74) is 6.69. The van der Waals surface area contributed by atoms with E-state index < -0.39 is 5.56 Å². The molecule has 3 rings (SSSR count). The Morgan fingerprint density at radius 2 is 1.74 bits per heavy atom. The van der Waals surface area contributed by atoms with Gasteiger partial charge in [0.1, 0.15) is 23.3 Å². The Balaban J connectivity index is 2.47. The largest absolute Gasteiger partial charge is 0.394 e. The molecule has 3 N–H and O–H groups in total. The molecule has 8 heteroatoms. The molecule has 2 heterocycles. The van der Waals surface area contributed by atoms with Crippen LogP contribution >= 0.6 is 0 Å². The molecule has 0 aliphatic heterocycles. The zero-order valence-corrected chi connectivity index (χ0v) is 14.7. The van der Waals surface area contributed by atoms with Crippen molar-refractivity contribution in [1.82, 2.24) is 14.3 Å². The Morgan fingerprint density at radius 3 is 2.33 bits per heavy atom. The first-order valence-electron chi connectivity index (χ1n) is 7.97. The molecule has 132 valence electrons. The van der Waals surface area contributed by atoms with Crippen molar-refractivity contribution in [3.05, 3.63) is 74.6 Å². The van der Waals surface area contributed by atoms with E-state index in [1.807, 2.05) is 18.2 Å². The Bertz CT molecular complexity index is 1250. The number of pyridine rings is 1. The number of nitrogens with two attached hydrogens (primary N) is 1. The van der Waals surface area contributed by atoms with E-state index in [-0.39, 0.29) is 28.1 Å². The van der Waals surface area contributed by atoms with Crippen molar-refractivity contribution in [2.45, 2.75) is 13.8 Å². The molecular formula is C19H15N7O. The van der Waals surface area contributed by atoms with Crippen LogP contribution in [0.3, 0.4) is 0 Å². The summed E-state index contributed by atoms with van der Waals surface area (Å²) in [4.78, 5) is 12.8. The summed E-state index contributed by atoms with van der Waals surface area (Å²) in [6.45, 7) is 3.36. The number of nitrogen functional groups attached to an aromatic ring is 1. The van der Waals surface area contributed by atoms with Gasteiger partial charge in [0.2, 0.25) is 0 Å². The molecule has 0 unspecified atom stereocenters. The van der Waals surface area contributed by atoms with Crippen molar-refractivity contribution in [3.63, 3.8) is 0 Å². The first kappa shape index (κ1) is 17.6. The van der Waals surface area contributed by atoms with E-state index in [1.165, 1.54) is 9.25 Å². The van der Waals surface area contributed by atoms with E-state index in [2.05, 4.69) is 5.10 Å². The molecule has 0 fully saturated rings. The molecule has 2 aromatic heterocycles. The predicted molar refractivity (Wildman–Crippen MR) is 98.3 cm³/mol. The molecule has 0 amide bonds. The van der Waals surface area contributed by atoms with E-state index >= 15 is 0 Å². The number of aryl methyl sites for hydroxylation is 2. The summed E-state index contributed by atoms with van der Waals surface area (Å²) in [7, 11) is 0. The summed E-state index contributed by atoms with van der Waals surface area (Å²) in [5, 5.41) is 31.4. The number of hydrogen-bond donors (Lipinski definition) is 2. The van der Waals surface area contributed by atoms with Crippen LogP contribution in [-0.4, -0.2) is 14.3 Å². The van der Waals surface area contributed by atoms with Gasteiger partial charge in [-0.3, -0.25) is 14.8 Å². The van der Waals surface area contributed by atoms with Gasteiger partial charge in [0, 0.05) is 5.69 Å². The molecule has 0 aliphatic carbocycles. The number of rotatable bonds is 2. The summed E-state index contributed by atoms with van der Waals surface area (Å²) in [5.74, 6) is 0.00500. The summed E-state index contributed by atoms with van der Waals surface area (Å²) < 4.78 is 2.43. The van der Waals surface area contributed by atoms with Crippen LogP contribution < -0.4 is 16.8 Å². The van der Waals surface area contributed by atoms with Crippen LogP contribution in [0, 0.1) is 41.9 Å². The second kappa shape index (κ2) is 6.62. The van der Waals surface area contributed by atoms with Crippen molar-refractivity contribution in [2.75, 3.05) is 5.73 Å². The van der Waals surface area contributed by atoms with Crippen LogP contribution in [-0.2, 0) is 0 Å². The van der Waals surface area contributed by atoms with Crippen molar-refractivity contribution in [3.8, 4) is 23.6 Å². The second-order valence-electron chi connectivity index (χ2n) is 5.92. The first-order valence-corrected chi connectivity index (χ1v) is 7.97. The van der Waals surface area contributed by atoms with Gasteiger partial charge in [0.15, 0.2) is 11.3 Å². The predicted octanol–water partition coefficient (Wildman–Crippen LogP) is 1.45. The summed E-state index contributed by atoms with van der Waals surface area (Å²) >= 11 is 0. The molecule has 0 saturated heterocycles. The minimum absolute atomic E-state index is 0.00500. The van der Waals surface area contributed by atoms with Crippen LogP contribution in [0.5, 0.6) is 0 Å². The van der Waals surface area contributed by atoms with Gasteiger partial charge in [0.25, 0.3) is 5.56 Å². The maximum atomic E-state index is 12.8. The number of nitrogens with zero attached hydrogens (tertiary/aromatic N) is 5. The third-order valence-electron chi connectivity index (χ3n) is 4.18. The van der Waals surface area contributed by atoms with Crippen LogP contribution in [0.2, 0.25) is 0 Å². The standard InChI is InChI=1S/C19H15N7O/c1-11-8-12(2)25(19(27)14(11)9-20)18-16(22)15(10-21)17(23)26(24-18)13-6-4-3-5-7-13/h3-8,23H,22H2,1-2H3. The fourth-order valence-corrected chi connectivity index (χ4v) is 2.87. The highest BCUT2D eigenvalue weighted by atomic mass is 16.1. The molecule has 3 aromatic rings.